The van der Waals surface area contributed by atoms with Crippen molar-refractivity contribution in [2.75, 3.05) is 20.1 Å². The maximum absolute atomic E-state index is 12.1. The van der Waals surface area contributed by atoms with Crippen molar-refractivity contribution in [2.24, 2.45) is 0 Å². The van der Waals surface area contributed by atoms with Gasteiger partial charge in [-0.2, -0.15) is 0 Å². The van der Waals surface area contributed by atoms with Crippen molar-refractivity contribution in [1.82, 2.24) is 10.0 Å². The van der Waals surface area contributed by atoms with Gasteiger partial charge >= 0.3 is 0 Å². The average Bonchev–Trinajstić information content (AvgIpc) is 2.82. The van der Waals surface area contributed by atoms with Crippen LogP contribution in [0.25, 0.3) is 0 Å². The van der Waals surface area contributed by atoms with E-state index in [1.54, 1.807) is 6.07 Å². The van der Waals surface area contributed by atoms with Crippen molar-refractivity contribution in [3.05, 3.63) is 29.3 Å². The fourth-order valence-electron chi connectivity index (χ4n) is 2.27. The van der Waals surface area contributed by atoms with E-state index >= 15 is 0 Å². The van der Waals surface area contributed by atoms with Gasteiger partial charge in [-0.1, -0.05) is 6.07 Å². The van der Waals surface area contributed by atoms with E-state index in [0.29, 0.717) is 11.4 Å². The molecule has 0 spiro atoms. The molecule has 100 valence electrons. The van der Waals surface area contributed by atoms with Crippen LogP contribution < -0.4 is 10.0 Å². The van der Waals surface area contributed by atoms with Crippen molar-refractivity contribution < 1.29 is 8.42 Å². The minimum Gasteiger partial charge on any atom is -0.320 e. The van der Waals surface area contributed by atoms with Gasteiger partial charge in [0.25, 0.3) is 0 Å². The first-order valence-corrected chi connectivity index (χ1v) is 7.88. The lowest BCUT2D eigenvalue weighted by Crippen LogP contribution is -2.26. The lowest BCUT2D eigenvalue weighted by Gasteiger charge is -2.08. The standard InChI is InChI=1S/C13H20N2O2S/c1-14-8-3-9-15-18(16,17)13-7-6-11-4-2-5-12(11)10-13/h6-7,10,14-15H,2-5,8-9H2,1H3. The Morgan fingerprint density at radius 2 is 1.94 bits per heavy atom. The molecule has 1 aliphatic rings. The topological polar surface area (TPSA) is 58.2 Å². The van der Waals surface area contributed by atoms with E-state index in [-0.39, 0.29) is 0 Å². The number of hydrogen-bond donors (Lipinski definition) is 2. The number of hydrogen-bond acceptors (Lipinski definition) is 3. The molecule has 0 atom stereocenters. The monoisotopic (exact) mass is 268 g/mol. The van der Waals surface area contributed by atoms with E-state index in [9.17, 15) is 8.42 Å². The van der Waals surface area contributed by atoms with Gasteiger partial charge in [0.05, 0.1) is 4.90 Å². The van der Waals surface area contributed by atoms with Crippen LogP contribution in [0.3, 0.4) is 0 Å². The molecule has 0 amide bonds. The highest BCUT2D eigenvalue weighted by molar-refractivity contribution is 7.89. The summed E-state index contributed by atoms with van der Waals surface area (Å²) in [5, 5.41) is 2.99. The molecular weight excluding hydrogens is 248 g/mol. The third kappa shape index (κ3) is 3.10. The Morgan fingerprint density at radius 1 is 1.17 bits per heavy atom. The largest absolute Gasteiger partial charge is 0.320 e. The van der Waals surface area contributed by atoms with Gasteiger partial charge in [-0.05, 0) is 62.5 Å². The number of benzene rings is 1. The van der Waals surface area contributed by atoms with Crippen LogP contribution in [0.5, 0.6) is 0 Å². The molecule has 18 heavy (non-hydrogen) atoms. The van der Waals surface area contributed by atoms with Crippen LogP contribution in [-0.2, 0) is 22.9 Å². The average molecular weight is 268 g/mol. The number of fused-ring (bicyclic) bond motifs is 1. The van der Waals surface area contributed by atoms with Crippen LogP contribution in [-0.4, -0.2) is 28.6 Å². The summed E-state index contributed by atoms with van der Waals surface area (Å²) in [6.07, 6.45) is 4.00. The van der Waals surface area contributed by atoms with Crippen molar-refractivity contribution in [1.29, 1.82) is 0 Å². The van der Waals surface area contributed by atoms with E-state index < -0.39 is 10.0 Å². The highest BCUT2D eigenvalue weighted by Crippen LogP contribution is 2.24. The lowest BCUT2D eigenvalue weighted by molar-refractivity contribution is 0.577. The molecule has 0 fully saturated rings. The molecule has 0 heterocycles. The van der Waals surface area contributed by atoms with Crippen molar-refractivity contribution in [3.63, 3.8) is 0 Å². The zero-order chi connectivity index (χ0) is 13.0. The van der Waals surface area contributed by atoms with E-state index in [1.165, 1.54) is 11.1 Å². The summed E-state index contributed by atoms with van der Waals surface area (Å²) >= 11 is 0. The van der Waals surface area contributed by atoms with Gasteiger partial charge in [-0.25, -0.2) is 13.1 Å². The van der Waals surface area contributed by atoms with Gasteiger partial charge in [0, 0.05) is 6.54 Å². The second-order valence-corrected chi connectivity index (χ2v) is 6.41. The van der Waals surface area contributed by atoms with E-state index in [1.807, 2.05) is 19.2 Å². The highest BCUT2D eigenvalue weighted by Gasteiger charge is 2.17. The van der Waals surface area contributed by atoms with Crippen LogP contribution in [0.15, 0.2) is 23.1 Å². The lowest BCUT2D eigenvalue weighted by atomic mass is 10.1. The summed E-state index contributed by atoms with van der Waals surface area (Å²) in [4.78, 5) is 0.396. The van der Waals surface area contributed by atoms with Crippen LogP contribution in [0.1, 0.15) is 24.0 Å². The van der Waals surface area contributed by atoms with Crippen LogP contribution in [0, 0.1) is 0 Å². The molecule has 1 aliphatic carbocycles. The van der Waals surface area contributed by atoms with Gasteiger partial charge in [-0.15, -0.1) is 0 Å². The van der Waals surface area contributed by atoms with E-state index in [2.05, 4.69) is 10.0 Å². The van der Waals surface area contributed by atoms with Crippen LogP contribution >= 0.6 is 0 Å². The van der Waals surface area contributed by atoms with Gasteiger partial charge < -0.3 is 5.32 Å². The molecular formula is C13H20N2O2S. The quantitative estimate of drug-likeness (QED) is 0.759. The molecule has 0 unspecified atom stereocenters. The smallest absolute Gasteiger partial charge is 0.240 e. The molecule has 4 nitrogen and oxygen atoms in total. The number of nitrogens with one attached hydrogen (secondary N) is 2. The Hall–Kier alpha value is -0.910. The first-order chi connectivity index (χ1) is 8.63. The van der Waals surface area contributed by atoms with Crippen LogP contribution in [0.4, 0.5) is 0 Å². The van der Waals surface area contributed by atoms with E-state index in [0.717, 1.165) is 32.2 Å². The Morgan fingerprint density at radius 3 is 2.72 bits per heavy atom. The minimum absolute atomic E-state index is 0.396. The summed E-state index contributed by atoms with van der Waals surface area (Å²) in [5.74, 6) is 0. The Balaban J connectivity index is 2.05. The molecule has 2 N–H and O–H groups in total. The number of aryl methyl sites for hydroxylation is 2. The second kappa shape index (κ2) is 5.82. The molecule has 0 radical (unpaired) electrons. The fraction of sp³-hybridized carbons (Fsp3) is 0.538. The molecule has 5 heteroatoms. The maximum atomic E-state index is 12.1. The molecule has 0 aromatic heterocycles. The minimum atomic E-state index is -3.34. The maximum Gasteiger partial charge on any atom is 0.240 e. The predicted molar refractivity (Wildman–Crippen MR) is 72.2 cm³/mol. The molecule has 0 bridgehead atoms. The summed E-state index contributed by atoms with van der Waals surface area (Å²) in [6, 6.07) is 5.48. The highest BCUT2D eigenvalue weighted by atomic mass is 32.2. The first-order valence-electron chi connectivity index (χ1n) is 6.39. The molecule has 2 rings (SSSR count). The third-order valence-corrected chi connectivity index (χ3v) is 4.73. The number of rotatable bonds is 6. The molecule has 0 saturated carbocycles. The zero-order valence-electron chi connectivity index (χ0n) is 10.7. The summed E-state index contributed by atoms with van der Waals surface area (Å²) < 4.78 is 26.8. The van der Waals surface area contributed by atoms with Crippen molar-refractivity contribution >= 4 is 10.0 Å². The molecule has 1 aromatic rings. The summed E-state index contributed by atoms with van der Waals surface area (Å²) in [6.45, 7) is 1.28. The summed E-state index contributed by atoms with van der Waals surface area (Å²) in [5.41, 5.74) is 2.48. The molecule has 0 saturated heterocycles. The van der Waals surface area contributed by atoms with E-state index in [4.69, 9.17) is 0 Å². The Bertz CT molecular complexity index is 512. The first kappa shape index (κ1) is 13.5. The Labute approximate surface area is 109 Å². The number of sulfonamides is 1. The van der Waals surface area contributed by atoms with Crippen molar-refractivity contribution in [3.8, 4) is 0 Å². The van der Waals surface area contributed by atoms with Crippen molar-refractivity contribution in [2.45, 2.75) is 30.6 Å². The van der Waals surface area contributed by atoms with Gasteiger partial charge in [0.1, 0.15) is 0 Å². The fourth-order valence-corrected chi connectivity index (χ4v) is 3.39. The zero-order valence-corrected chi connectivity index (χ0v) is 11.5. The Kier molecular flexibility index (Phi) is 4.37. The third-order valence-electron chi connectivity index (χ3n) is 3.28. The van der Waals surface area contributed by atoms with Gasteiger partial charge in [-0.3, -0.25) is 0 Å². The van der Waals surface area contributed by atoms with Gasteiger partial charge in [0.2, 0.25) is 10.0 Å². The molecule has 1 aromatic carbocycles. The normalized spacial score (nSPS) is 14.7. The van der Waals surface area contributed by atoms with Gasteiger partial charge in [0.15, 0.2) is 0 Å². The second-order valence-electron chi connectivity index (χ2n) is 4.64. The molecule has 0 aliphatic heterocycles. The predicted octanol–water partition coefficient (Wildman–Crippen LogP) is 1.06. The summed E-state index contributed by atoms with van der Waals surface area (Å²) in [7, 11) is -1.48. The van der Waals surface area contributed by atoms with Crippen LogP contribution in [0.2, 0.25) is 0 Å². The SMILES string of the molecule is CNCCCNS(=O)(=O)c1ccc2c(c1)CCC2.